The molecule has 3 saturated heterocycles. The minimum atomic E-state index is -1.66. The first-order valence-electron chi connectivity index (χ1n) is 11.4. The van der Waals surface area contributed by atoms with Gasteiger partial charge in [-0.1, -0.05) is 92.3 Å². The van der Waals surface area contributed by atoms with Crippen molar-refractivity contribution >= 4 is 39.9 Å². The number of ether oxygens (including phenoxy) is 2. The molecule has 3 heterocycles. The molecule has 0 saturated carbocycles. The molecule has 3 aliphatic rings. The molecule has 0 unspecified atom stereocenters. The molecule has 0 amide bonds. The van der Waals surface area contributed by atoms with E-state index in [2.05, 4.69) is 104 Å². The number of rotatable bonds is 7. The molecule has 3 aliphatic heterocycles. The van der Waals surface area contributed by atoms with Crippen molar-refractivity contribution in [2.45, 2.75) is 125 Å². The second kappa shape index (κ2) is 11.3. The fraction of sp³-hybridized carbons (Fsp3) is 0.833. The van der Waals surface area contributed by atoms with Gasteiger partial charge in [-0.05, 0) is 42.0 Å². The summed E-state index contributed by atoms with van der Waals surface area (Å²) in [5.41, 5.74) is 5.77. The highest BCUT2D eigenvalue weighted by molar-refractivity contribution is 9.09. The Kier molecular flexibility index (Phi) is 10.0. The van der Waals surface area contributed by atoms with E-state index in [0.717, 1.165) is 25.7 Å². The van der Waals surface area contributed by atoms with Gasteiger partial charge in [0.25, 0.3) is 0 Å². The van der Waals surface area contributed by atoms with Gasteiger partial charge in [0.05, 0.1) is 24.4 Å². The zero-order valence-corrected chi connectivity index (χ0v) is 23.4. The third-order valence-electron chi connectivity index (χ3n) is 6.96. The molecule has 0 N–H and O–H groups in total. The topological polar surface area (TPSA) is 18.5 Å². The highest BCUT2D eigenvalue weighted by Crippen LogP contribution is 2.41. The molecule has 2 bridgehead atoms. The third-order valence-corrected chi connectivity index (χ3v) is 15.5. The van der Waals surface area contributed by atoms with Gasteiger partial charge in [0.15, 0.2) is 0 Å². The van der Waals surface area contributed by atoms with Gasteiger partial charge in [0, 0.05) is 16.1 Å². The van der Waals surface area contributed by atoms with E-state index in [1.807, 2.05) is 0 Å². The van der Waals surface area contributed by atoms with Gasteiger partial charge in [-0.15, -0.1) is 5.54 Å². The summed E-state index contributed by atoms with van der Waals surface area (Å²) < 4.78 is 12.7. The van der Waals surface area contributed by atoms with Crippen LogP contribution in [0.4, 0.5) is 0 Å². The lowest BCUT2D eigenvalue weighted by molar-refractivity contribution is -0.213. The van der Waals surface area contributed by atoms with Gasteiger partial charge in [0.2, 0.25) is 0 Å². The van der Waals surface area contributed by atoms with Crippen LogP contribution in [0.1, 0.15) is 74.1 Å². The van der Waals surface area contributed by atoms with Crippen LogP contribution in [-0.4, -0.2) is 42.1 Å². The van der Waals surface area contributed by atoms with E-state index in [1.165, 1.54) is 0 Å². The van der Waals surface area contributed by atoms with Crippen LogP contribution in [0.5, 0.6) is 0 Å². The van der Waals surface area contributed by atoms with Crippen LogP contribution in [0.25, 0.3) is 0 Å². The fourth-order valence-electron chi connectivity index (χ4n) is 5.22. The SMILES string of the molecule is CC[C@H](Br)[C@H]1C[C@@H](Br)[C@H]2C[C@H](O2)[C@H](C/C=C\C#C[Si](C(C)C)(C(C)C)C(C)C)O1. The van der Waals surface area contributed by atoms with Crippen molar-refractivity contribution in [3.05, 3.63) is 12.2 Å². The molecule has 3 rings (SSSR count). The molecule has 6 atom stereocenters. The minimum absolute atomic E-state index is 0.128. The Balaban J connectivity index is 2.06. The summed E-state index contributed by atoms with van der Waals surface area (Å²) >= 11 is 7.63. The van der Waals surface area contributed by atoms with Crippen LogP contribution in [-0.2, 0) is 9.47 Å². The standard InChI is InChI=1S/C24H40Br2O2Si/c1-8-19(25)22-14-20(26)23-15-24(28-23)21(27-22)12-10-9-11-13-29(16(2)3,17(4)5)18(6)7/h9-10,16-24H,8,12,14-15H2,1-7H3/b10-9-/t19-,20+,21-,22+,23+,24-/m0/s1. The monoisotopic (exact) mass is 546 g/mol. The van der Waals surface area contributed by atoms with Crippen molar-refractivity contribution in [1.82, 2.24) is 0 Å². The van der Waals surface area contributed by atoms with Crippen molar-refractivity contribution in [1.29, 1.82) is 0 Å². The lowest BCUT2D eigenvalue weighted by atomic mass is 9.90. The van der Waals surface area contributed by atoms with Crippen molar-refractivity contribution in [2.24, 2.45) is 0 Å². The highest BCUT2D eigenvalue weighted by Gasteiger charge is 2.45. The maximum absolute atomic E-state index is 6.53. The van der Waals surface area contributed by atoms with Crippen LogP contribution in [0, 0.1) is 11.5 Å². The summed E-state index contributed by atoms with van der Waals surface area (Å²) in [6.07, 6.45) is 9.21. The van der Waals surface area contributed by atoms with Crippen LogP contribution < -0.4 is 0 Å². The predicted octanol–water partition coefficient (Wildman–Crippen LogP) is 7.41. The highest BCUT2D eigenvalue weighted by atomic mass is 79.9. The van der Waals surface area contributed by atoms with Crippen molar-refractivity contribution in [2.75, 3.05) is 0 Å². The van der Waals surface area contributed by atoms with Gasteiger partial charge in [0.1, 0.15) is 8.07 Å². The van der Waals surface area contributed by atoms with Crippen molar-refractivity contribution < 1.29 is 9.47 Å². The van der Waals surface area contributed by atoms with E-state index < -0.39 is 8.07 Å². The van der Waals surface area contributed by atoms with E-state index in [1.54, 1.807) is 0 Å². The normalized spacial score (nSPS) is 31.4. The Morgan fingerprint density at radius 1 is 1.00 bits per heavy atom. The number of allylic oxidation sites excluding steroid dienone is 1. The summed E-state index contributed by atoms with van der Waals surface area (Å²) in [6.45, 7) is 16.4. The van der Waals surface area contributed by atoms with Gasteiger partial charge in [-0.3, -0.25) is 0 Å². The maximum atomic E-state index is 6.53. The summed E-state index contributed by atoms with van der Waals surface area (Å²) in [4.78, 5) is 0.778. The summed E-state index contributed by atoms with van der Waals surface area (Å²) in [7, 11) is -1.66. The van der Waals surface area contributed by atoms with Crippen LogP contribution in [0.2, 0.25) is 16.6 Å². The van der Waals surface area contributed by atoms with Crippen LogP contribution >= 0.6 is 31.9 Å². The van der Waals surface area contributed by atoms with E-state index in [0.29, 0.717) is 32.4 Å². The number of alkyl halides is 2. The van der Waals surface area contributed by atoms with Gasteiger partial charge in [-0.2, -0.15) is 0 Å². The first kappa shape index (κ1) is 25.7. The summed E-state index contributed by atoms with van der Waals surface area (Å²) in [6, 6.07) is 0. The van der Waals surface area contributed by atoms with Gasteiger partial charge in [-0.25, -0.2) is 0 Å². The van der Waals surface area contributed by atoms with Crippen molar-refractivity contribution in [3.8, 4) is 11.5 Å². The second-order valence-electron chi connectivity index (χ2n) is 9.64. The quantitative estimate of drug-likeness (QED) is 0.188. The molecule has 0 aromatic rings. The zero-order chi connectivity index (χ0) is 21.8. The van der Waals surface area contributed by atoms with E-state index in [4.69, 9.17) is 9.47 Å². The fourth-order valence-corrected chi connectivity index (χ4v) is 11.5. The van der Waals surface area contributed by atoms with Gasteiger partial charge < -0.3 is 9.47 Å². The first-order chi connectivity index (χ1) is 13.6. The third kappa shape index (κ3) is 6.01. The molecular formula is C24H40Br2O2Si. The number of halogens is 2. The Morgan fingerprint density at radius 3 is 2.10 bits per heavy atom. The molecule has 0 aromatic heterocycles. The molecule has 29 heavy (non-hydrogen) atoms. The summed E-state index contributed by atoms with van der Waals surface area (Å²) in [5, 5.41) is 0. The zero-order valence-electron chi connectivity index (χ0n) is 19.3. The molecule has 0 spiro atoms. The molecule has 0 aromatic carbocycles. The Labute approximate surface area is 197 Å². The Morgan fingerprint density at radius 2 is 1.59 bits per heavy atom. The average molecular weight is 548 g/mol. The Hall–Kier alpha value is 0.397. The van der Waals surface area contributed by atoms with Gasteiger partial charge >= 0.3 is 0 Å². The maximum Gasteiger partial charge on any atom is 0.146 e. The number of fused-ring (bicyclic) bond motifs is 4. The van der Waals surface area contributed by atoms with Crippen molar-refractivity contribution in [3.63, 3.8) is 0 Å². The minimum Gasteiger partial charge on any atom is -0.371 e. The molecule has 0 radical (unpaired) electrons. The number of hydrogen-bond donors (Lipinski definition) is 0. The second-order valence-corrected chi connectivity index (χ2v) is 17.6. The Bertz CT molecular complexity index is 580. The van der Waals surface area contributed by atoms with E-state index >= 15 is 0 Å². The summed E-state index contributed by atoms with van der Waals surface area (Å²) in [5.74, 6) is 3.44. The largest absolute Gasteiger partial charge is 0.371 e. The van der Waals surface area contributed by atoms with Crippen LogP contribution in [0.15, 0.2) is 12.2 Å². The molecule has 5 heteroatoms. The smallest absolute Gasteiger partial charge is 0.146 e. The predicted molar refractivity (Wildman–Crippen MR) is 135 cm³/mol. The van der Waals surface area contributed by atoms with E-state index in [9.17, 15) is 0 Å². The first-order valence-corrected chi connectivity index (χ1v) is 15.5. The number of hydrogen-bond acceptors (Lipinski definition) is 2. The molecule has 166 valence electrons. The lowest BCUT2D eigenvalue weighted by Crippen LogP contribution is -2.55. The molecule has 0 aliphatic carbocycles. The van der Waals surface area contributed by atoms with Crippen LogP contribution in [0.3, 0.4) is 0 Å². The molecule has 2 nitrogen and oxygen atoms in total. The molecule has 3 fully saturated rings. The van der Waals surface area contributed by atoms with E-state index in [-0.39, 0.29) is 18.3 Å². The molecular weight excluding hydrogens is 508 g/mol. The lowest BCUT2D eigenvalue weighted by Gasteiger charge is -2.47. The average Bonchev–Trinajstić information content (AvgIpc) is 2.58.